The zero-order chi connectivity index (χ0) is 23.7. The number of nitrogens with zero attached hydrogens (tertiary/aromatic N) is 3. The highest BCUT2D eigenvalue weighted by molar-refractivity contribution is 7.13. The van der Waals surface area contributed by atoms with Gasteiger partial charge in [0, 0.05) is 30.4 Å². The predicted molar refractivity (Wildman–Crippen MR) is 134 cm³/mol. The fourth-order valence-corrected chi connectivity index (χ4v) is 4.28. The van der Waals surface area contributed by atoms with Crippen molar-refractivity contribution in [3.63, 3.8) is 0 Å². The van der Waals surface area contributed by atoms with Crippen molar-refractivity contribution in [1.29, 1.82) is 0 Å². The van der Waals surface area contributed by atoms with Gasteiger partial charge in [0.05, 0.1) is 11.2 Å². The summed E-state index contributed by atoms with van der Waals surface area (Å²) in [5, 5.41) is 5.82. The molecular formula is C24H40N4OS2. The fourth-order valence-electron chi connectivity index (χ4n) is 2.69. The maximum absolute atomic E-state index is 6.76. The van der Waals surface area contributed by atoms with Crippen molar-refractivity contribution < 1.29 is 4.74 Å². The molecule has 174 valence electrons. The number of hydrogen-bond donors (Lipinski definition) is 1. The highest BCUT2D eigenvalue weighted by Crippen LogP contribution is 2.44. The van der Waals surface area contributed by atoms with Crippen LogP contribution >= 0.6 is 22.7 Å². The van der Waals surface area contributed by atoms with Gasteiger partial charge in [0.1, 0.15) is 10.7 Å². The predicted octanol–water partition coefficient (Wildman–Crippen LogP) is 7.00. The van der Waals surface area contributed by atoms with Gasteiger partial charge in [-0.25, -0.2) is 4.98 Å². The lowest BCUT2D eigenvalue weighted by Crippen LogP contribution is -2.18. The van der Waals surface area contributed by atoms with Crippen LogP contribution in [0.15, 0.2) is 10.8 Å². The Bertz CT molecular complexity index is 816. The molecule has 0 aliphatic heterocycles. The molecule has 1 aliphatic carbocycles. The van der Waals surface area contributed by atoms with Gasteiger partial charge in [-0.15, -0.1) is 27.7 Å². The minimum Gasteiger partial charge on any atom is -0.382 e. The standard InChI is InChI=1S/C11H18N2S.C9H12N2S.C4H10O/c1-10(2,3)6-8-7-14-9(13-8)11(12)4-5-11;1-9(2,3)5-7-6-12-8(10-4)11-7;1-3-5-4-2/h7H,4-6,12H2,1-3H3;6H,5H2,1-3H3;3-4H2,1-2H3. The molecular weight excluding hydrogens is 424 g/mol. The molecule has 0 aromatic carbocycles. The molecule has 0 amide bonds. The molecule has 1 saturated carbocycles. The summed E-state index contributed by atoms with van der Waals surface area (Å²) in [6.07, 6.45) is 4.20. The second kappa shape index (κ2) is 12.1. The van der Waals surface area contributed by atoms with Crippen LogP contribution < -0.4 is 5.73 Å². The maximum Gasteiger partial charge on any atom is 0.329 e. The first kappa shape index (κ1) is 27.7. The molecule has 0 atom stereocenters. The van der Waals surface area contributed by atoms with Gasteiger partial charge in [-0.3, -0.25) is 0 Å². The van der Waals surface area contributed by atoms with Crippen LogP contribution in [0.3, 0.4) is 0 Å². The third-order valence-electron chi connectivity index (χ3n) is 4.23. The Morgan fingerprint density at radius 1 is 0.968 bits per heavy atom. The summed E-state index contributed by atoms with van der Waals surface area (Å²) >= 11 is 3.15. The Kier molecular flexibility index (Phi) is 10.8. The molecule has 0 unspecified atom stereocenters. The molecule has 0 bridgehead atoms. The molecule has 2 N–H and O–H groups in total. The lowest BCUT2D eigenvalue weighted by Gasteiger charge is -2.15. The first-order valence-electron chi connectivity index (χ1n) is 11.0. The molecule has 1 fully saturated rings. The van der Waals surface area contributed by atoms with Crippen LogP contribution in [0.4, 0.5) is 5.13 Å². The number of thiazole rings is 2. The normalized spacial score (nSPS) is 14.6. The van der Waals surface area contributed by atoms with Crippen molar-refractivity contribution >= 4 is 27.8 Å². The Labute approximate surface area is 197 Å². The third-order valence-corrected chi connectivity index (χ3v) is 6.13. The van der Waals surface area contributed by atoms with Crippen molar-refractivity contribution in [2.45, 2.75) is 86.6 Å². The van der Waals surface area contributed by atoms with Gasteiger partial charge in [0.15, 0.2) is 0 Å². The smallest absolute Gasteiger partial charge is 0.329 e. The van der Waals surface area contributed by atoms with E-state index >= 15 is 0 Å². The summed E-state index contributed by atoms with van der Waals surface area (Å²) in [6, 6.07) is 0. The zero-order valence-corrected chi connectivity index (χ0v) is 22.2. The molecule has 7 heteroatoms. The van der Waals surface area contributed by atoms with Crippen LogP contribution in [0.25, 0.3) is 4.85 Å². The van der Waals surface area contributed by atoms with Crippen LogP contribution in [0.2, 0.25) is 0 Å². The molecule has 2 aromatic rings. The van der Waals surface area contributed by atoms with E-state index in [0.29, 0.717) is 10.5 Å². The van der Waals surface area contributed by atoms with E-state index in [1.54, 1.807) is 11.3 Å². The highest BCUT2D eigenvalue weighted by Gasteiger charge is 2.42. The van der Waals surface area contributed by atoms with Crippen LogP contribution in [-0.2, 0) is 23.1 Å². The molecule has 0 saturated heterocycles. The molecule has 2 aromatic heterocycles. The van der Waals surface area contributed by atoms with Crippen molar-refractivity contribution in [3.8, 4) is 0 Å². The molecule has 2 heterocycles. The Balaban J connectivity index is 0.000000259. The molecule has 3 rings (SSSR count). The summed E-state index contributed by atoms with van der Waals surface area (Å²) in [5.41, 5.74) is 8.85. The monoisotopic (exact) mass is 464 g/mol. The Hall–Kier alpha value is -1.33. The summed E-state index contributed by atoms with van der Waals surface area (Å²) in [4.78, 5) is 12.1. The molecule has 31 heavy (non-hydrogen) atoms. The van der Waals surface area contributed by atoms with Gasteiger partial charge in [-0.2, -0.15) is 0 Å². The maximum atomic E-state index is 6.76. The average Bonchev–Trinajstić information content (AvgIpc) is 3.04. The number of rotatable bonds is 5. The average molecular weight is 465 g/mol. The first-order chi connectivity index (χ1) is 14.3. The van der Waals surface area contributed by atoms with Crippen molar-refractivity contribution in [2.24, 2.45) is 16.6 Å². The summed E-state index contributed by atoms with van der Waals surface area (Å²) in [6.45, 7) is 25.7. The van der Waals surface area contributed by atoms with E-state index in [1.807, 2.05) is 19.2 Å². The quantitative estimate of drug-likeness (QED) is 0.484. The minimum absolute atomic E-state index is 0.0548. The van der Waals surface area contributed by atoms with E-state index in [1.165, 1.54) is 17.0 Å². The number of ether oxygens (including phenoxy) is 1. The van der Waals surface area contributed by atoms with Gasteiger partial charge in [0.25, 0.3) is 0 Å². The second-order valence-electron chi connectivity index (χ2n) is 10.3. The van der Waals surface area contributed by atoms with Crippen molar-refractivity contribution in [3.05, 3.63) is 38.6 Å². The Morgan fingerprint density at radius 3 is 1.81 bits per heavy atom. The fraction of sp³-hybridized carbons (Fsp3) is 0.708. The summed E-state index contributed by atoms with van der Waals surface area (Å²) < 4.78 is 4.83. The largest absolute Gasteiger partial charge is 0.382 e. The zero-order valence-electron chi connectivity index (χ0n) is 20.5. The van der Waals surface area contributed by atoms with E-state index in [-0.39, 0.29) is 11.0 Å². The van der Waals surface area contributed by atoms with Gasteiger partial charge < -0.3 is 15.3 Å². The van der Waals surface area contributed by atoms with Gasteiger partial charge in [-0.1, -0.05) is 48.1 Å². The van der Waals surface area contributed by atoms with E-state index < -0.39 is 0 Å². The van der Waals surface area contributed by atoms with Crippen LogP contribution in [0.5, 0.6) is 0 Å². The molecule has 5 nitrogen and oxygen atoms in total. The molecule has 1 aliphatic rings. The highest BCUT2D eigenvalue weighted by atomic mass is 32.1. The SMILES string of the molecule is CC(C)(C)Cc1csc(C2(N)CC2)n1.CCOCC.[C-]#[N+]c1nc(CC(C)(C)C)cs1. The van der Waals surface area contributed by atoms with E-state index in [2.05, 4.69) is 61.7 Å². The van der Waals surface area contributed by atoms with Crippen molar-refractivity contribution in [1.82, 2.24) is 9.97 Å². The van der Waals surface area contributed by atoms with Crippen molar-refractivity contribution in [2.75, 3.05) is 13.2 Å². The lowest BCUT2D eigenvalue weighted by atomic mass is 9.91. The number of nitrogens with two attached hydrogens (primary N) is 1. The van der Waals surface area contributed by atoms with E-state index in [0.717, 1.165) is 49.6 Å². The number of hydrogen-bond acceptors (Lipinski definition) is 6. The minimum atomic E-state index is -0.0548. The van der Waals surface area contributed by atoms with Crippen LogP contribution in [-0.4, -0.2) is 23.2 Å². The summed E-state index contributed by atoms with van der Waals surface area (Å²) in [5.74, 6) is 0. The lowest BCUT2D eigenvalue weighted by molar-refractivity contribution is 0.162. The third kappa shape index (κ3) is 11.7. The molecule has 0 spiro atoms. The van der Waals surface area contributed by atoms with E-state index in [9.17, 15) is 0 Å². The molecule has 0 radical (unpaired) electrons. The summed E-state index contributed by atoms with van der Waals surface area (Å²) in [7, 11) is 0. The van der Waals surface area contributed by atoms with Gasteiger partial charge in [0.2, 0.25) is 0 Å². The van der Waals surface area contributed by atoms with Gasteiger partial charge in [-0.05, 0) is 43.9 Å². The van der Waals surface area contributed by atoms with E-state index in [4.69, 9.17) is 17.0 Å². The van der Waals surface area contributed by atoms with Crippen LogP contribution in [0, 0.1) is 17.4 Å². The topological polar surface area (TPSA) is 65.4 Å². The number of aromatic nitrogens is 2. The van der Waals surface area contributed by atoms with Crippen LogP contribution in [0.1, 0.15) is 84.6 Å². The Morgan fingerprint density at radius 2 is 1.45 bits per heavy atom. The first-order valence-corrected chi connectivity index (χ1v) is 12.7. The second-order valence-corrected chi connectivity index (χ2v) is 12.0. The van der Waals surface area contributed by atoms with Gasteiger partial charge >= 0.3 is 5.13 Å².